The Hall–Kier alpha value is -1.43. The molecule has 2 atom stereocenters. The van der Waals surface area contributed by atoms with E-state index < -0.39 is 33.8 Å². The zero-order chi connectivity index (χ0) is 18.8. The maximum Gasteiger partial charge on any atom is 0.136 e. The first-order chi connectivity index (χ1) is 11.6. The van der Waals surface area contributed by atoms with Gasteiger partial charge in [0.2, 0.25) is 0 Å². The molecule has 1 N–H and O–H groups in total. The molecule has 2 aromatic carbocycles. The summed E-state index contributed by atoms with van der Waals surface area (Å²) in [5.41, 5.74) is 1.30. The van der Waals surface area contributed by atoms with Crippen molar-refractivity contribution in [1.29, 1.82) is 0 Å². The van der Waals surface area contributed by atoms with Crippen molar-refractivity contribution < 1.29 is 13.3 Å². The van der Waals surface area contributed by atoms with Crippen LogP contribution in [-0.4, -0.2) is 9.30 Å². The summed E-state index contributed by atoms with van der Waals surface area (Å²) < 4.78 is 44.0. The van der Waals surface area contributed by atoms with Crippen LogP contribution in [0.2, 0.25) is 0 Å². The van der Waals surface area contributed by atoms with E-state index in [0.29, 0.717) is 5.56 Å². The fraction of sp³-hybridized carbons (Fsp3) is 0.400. The molecule has 0 aliphatic rings. The molecule has 136 valence electrons. The second-order valence-electron chi connectivity index (χ2n) is 7.40. The van der Waals surface area contributed by atoms with Crippen molar-refractivity contribution in [3.05, 3.63) is 70.8 Å². The predicted molar refractivity (Wildman–Crippen MR) is 99.8 cm³/mol. The Labute approximate surface area is 152 Å². The lowest BCUT2D eigenvalue weighted by Crippen LogP contribution is -2.41. The first-order valence-electron chi connectivity index (χ1n) is 8.33. The highest BCUT2D eigenvalue weighted by Crippen LogP contribution is 2.30. The average molecular weight is 365 g/mol. The first kappa shape index (κ1) is 19.9. The molecule has 0 fully saturated rings. The van der Waals surface area contributed by atoms with E-state index in [1.807, 2.05) is 51.1 Å². The van der Waals surface area contributed by atoms with Crippen LogP contribution >= 0.6 is 0 Å². The minimum absolute atomic E-state index is 0.0764. The van der Waals surface area contributed by atoms with Gasteiger partial charge in [-0.25, -0.2) is 8.78 Å². The van der Waals surface area contributed by atoms with E-state index in [0.717, 1.165) is 5.56 Å². The SMILES string of the molecule is CC(C)c1c(F)cc(C(N[S@+]([O-])C(C)(C)C)c2ccccc2)cc1F. The van der Waals surface area contributed by atoms with Crippen LogP contribution in [-0.2, 0) is 11.4 Å². The van der Waals surface area contributed by atoms with Crippen LogP contribution in [0.3, 0.4) is 0 Å². The zero-order valence-electron chi connectivity index (χ0n) is 15.3. The van der Waals surface area contributed by atoms with Crippen LogP contribution in [0.5, 0.6) is 0 Å². The van der Waals surface area contributed by atoms with E-state index in [2.05, 4.69) is 4.72 Å². The smallest absolute Gasteiger partial charge is 0.136 e. The number of nitrogens with one attached hydrogen (secondary N) is 1. The first-order valence-corrected chi connectivity index (χ1v) is 9.48. The van der Waals surface area contributed by atoms with Crippen molar-refractivity contribution in [3.63, 3.8) is 0 Å². The zero-order valence-corrected chi connectivity index (χ0v) is 16.1. The predicted octanol–water partition coefficient (Wildman–Crippen LogP) is 5.23. The highest BCUT2D eigenvalue weighted by atomic mass is 32.2. The second kappa shape index (κ2) is 7.85. The molecule has 2 aromatic rings. The molecule has 0 saturated carbocycles. The van der Waals surface area contributed by atoms with E-state index in [1.54, 1.807) is 13.8 Å². The molecule has 0 aliphatic carbocycles. The van der Waals surface area contributed by atoms with Crippen LogP contribution in [0, 0.1) is 11.6 Å². The quantitative estimate of drug-likeness (QED) is 0.737. The van der Waals surface area contributed by atoms with Gasteiger partial charge in [0, 0.05) is 16.9 Å². The Bertz CT molecular complexity index is 690. The van der Waals surface area contributed by atoms with Crippen LogP contribution in [0.1, 0.15) is 63.3 Å². The molecule has 2 nitrogen and oxygen atoms in total. The average Bonchev–Trinajstić information content (AvgIpc) is 2.51. The standard InChI is InChI=1S/C20H25F2NOS/c1-13(2)18-16(21)11-15(12-17(18)22)19(14-9-7-6-8-10-14)23-25(24)20(3,4)5/h6-13,19,23H,1-5H3/t19?,25-/m1/s1. The van der Waals surface area contributed by atoms with Gasteiger partial charge in [0.1, 0.15) is 22.4 Å². The fourth-order valence-electron chi connectivity index (χ4n) is 2.58. The number of hydrogen-bond donors (Lipinski definition) is 1. The Morgan fingerprint density at radius 2 is 1.48 bits per heavy atom. The number of hydrogen-bond acceptors (Lipinski definition) is 2. The largest absolute Gasteiger partial charge is 0.598 e. The highest BCUT2D eigenvalue weighted by Gasteiger charge is 2.31. The second-order valence-corrected chi connectivity index (χ2v) is 9.39. The summed E-state index contributed by atoms with van der Waals surface area (Å²) in [4.78, 5) is 0. The lowest BCUT2D eigenvalue weighted by molar-refractivity contribution is 0.524. The summed E-state index contributed by atoms with van der Waals surface area (Å²) in [6.07, 6.45) is 0. The van der Waals surface area contributed by atoms with Gasteiger partial charge in [-0.3, -0.25) is 0 Å². The number of halogens is 2. The molecular formula is C20H25F2NOS. The molecule has 0 spiro atoms. The monoisotopic (exact) mass is 365 g/mol. The Balaban J connectivity index is 2.49. The highest BCUT2D eigenvalue weighted by molar-refractivity contribution is 7.90. The van der Waals surface area contributed by atoms with E-state index in [9.17, 15) is 13.3 Å². The van der Waals surface area contributed by atoms with Crippen molar-refractivity contribution in [2.24, 2.45) is 0 Å². The van der Waals surface area contributed by atoms with Crippen molar-refractivity contribution in [1.82, 2.24) is 4.72 Å². The molecule has 0 radical (unpaired) electrons. The van der Waals surface area contributed by atoms with Crippen molar-refractivity contribution in [2.75, 3.05) is 0 Å². The number of rotatable bonds is 5. The van der Waals surface area contributed by atoms with Gasteiger partial charge in [0.15, 0.2) is 0 Å². The Morgan fingerprint density at radius 3 is 1.92 bits per heavy atom. The summed E-state index contributed by atoms with van der Waals surface area (Å²) in [6, 6.07) is 11.4. The number of benzene rings is 2. The van der Waals surface area contributed by atoms with Crippen LogP contribution in [0.4, 0.5) is 8.78 Å². The topological polar surface area (TPSA) is 35.1 Å². The third-order valence-electron chi connectivity index (χ3n) is 3.93. The van der Waals surface area contributed by atoms with Gasteiger partial charge in [0.25, 0.3) is 0 Å². The molecule has 5 heteroatoms. The van der Waals surface area contributed by atoms with Crippen LogP contribution in [0.25, 0.3) is 0 Å². The minimum Gasteiger partial charge on any atom is -0.598 e. The molecule has 25 heavy (non-hydrogen) atoms. The minimum atomic E-state index is -1.39. The third kappa shape index (κ3) is 4.81. The summed E-state index contributed by atoms with van der Waals surface area (Å²) in [5.74, 6) is -1.40. The summed E-state index contributed by atoms with van der Waals surface area (Å²) in [7, 11) is 0. The molecular weight excluding hydrogens is 340 g/mol. The van der Waals surface area contributed by atoms with Gasteiger partial charge >= 0.3 is 0 Å². The Kier molecular flexibility index (Phi) is 6.25. The normalized spacial score (nSPS) is 14.6. The van der Waals surface area contributed by atoms with Crippen molar-refractivity contribution in [2.45, 2.75) is 51.3 Å². The summed E-state index contributed by atoms with van der Waals surface area (Å²) in [6.45, 7) is 9.05. The lowest BCUT2D eigenvalue weighted by Gasteiger charge is -2.28. The molecule has 0 aromatic heterocycles. The van der Waals surface area contributed by atoms with Crippen molar-refractivity contribution in [3.8, 4) is 0 Å². The molecule has 0 bridgehead atoms. The molecule has 2 rings (SSSR count). The molecule has 0 aliphatic heterocycles. The van der Waals surface area contributed by atoms with Gasteiger partial charge in [-0.15, -0.1) is 4.72 Å². The van der Waals surface area contributed by atoms with Crippen LogP contribution in [0.15, 0.2) is 42.5 Å². The van der Waals surface area contributed by atoms with Gasteiger partial charge < -0.3 is 4.55 Å². The van der Waals surface area contributed by atoms with Gasteiger partial charge in [-0.05, 0) is 49.9 Å². The molecule has 0 heterocycles. The lowest BCUT2D eigenvalue weighted by atomic mass is 9.94. The van der Waals surface area contributed by atoms with E-state index in [1.165, 1.54) is 12.1 Å². The van der Waals surface area contributed by atoms with E-state index in [-0.39, 0.29) is 11.5 Å². The van der Waals surface area contributed by atoms with Crippen molar-refractivity contribution >= 4 is 11.4 Å². The third-order valence-corrected chi connectivity index (χ3v) is 5.49. The summed E-state index contributed by atoms with van der Waals surface area (Å²) in [5, 5.41) is 0. The molecule has 1 unspecified atom stereocenters. The molecule has 0 amide bonds. The molecule has 0 saturated heterocycles. The van der Waals surface area contributed by atoms with E-state index in [4.69, 9.17) is 0 Å². The summed E-state index contributed by atoms with van der Waals surface area (Å²) >= 11 is -1.39. The maximum absolute atomic E-state index is 14.5. The fourth-order valence-corrected chi connectivity index (χ4v) is 3.42. The maximum atomic E-state index is 14.5. The van der Waals surface area contributed by atoms with Gasteiger partial charge in [-0.2, -0.15) is 0 Å². The van der Waals surface area contributed by atoms with Gasteiger partial charge in [-0.1, -0.05) is 44.2 Å². The van der Waals surface area contributed by atoms with Gasteiger partial charge in [0.05, 0.1) is 0 Å². The Morgan fingerprint density at radius 1 is 0.960 bits per heavy atom. The van der Waals surface area contributed by atoms with Crippen LogP contribution < -0.4 is 4.72 Å². The van der Waals surface area contributed by atoms with E-state index >= 15 is 0 Å².